The Morgan fingerprint density at radius 2 is 1.93 bits per heavy atom. The summed E-state index contributed by atoms with van der Waals surface area (Å²) in [4.78, 5) is 4.33. The number of hydrogen-bond acceptors (Lipinski definition) is 4. The number of benzene rings is 1. The van der Waals surface area contributed by atoms with Crippen molar-refractivity contribution >= 4 is 23.5 Å². The predicted octanol–water partition coefficient (Wildman–Crippen LogP) is 5.46. The van der Waals surface area contributed by atoms with E-state index in [4.69, 9.17) is 17.0 Å². The zero-order valence-corrected chi connectivity index (χ0v) is 18.9. The van der Waals surface area contributed by atoms with Crippen LogP contribution in [0.2, 0.25) is 5.02 Å². The number of piperidine rings is 1. The molecule has 2 N–H and O–H groups in total. The highest BCUT2D eigenvalue weighted by Gasteiger charge is 2.26. The maximum absolute atomic E-state index is 7.74. The van der Waals surface area contributed by atoms with E-state index in [-0.39, 0.29) is 6.04 Å². The third-order valence-electron chi connectivity index (χ3n) is 4.99. The second-order valence-corrected chi connectivity index (χ2v) is 8.01. The first-order valence-corrected chi connectivity index (χ1v) is 10.5. The molecule has 1 aromatic carbocycles. The fourth-order valence-electron chi connectivity index (χ4n) is 3.38. The van der Waals surface area contributed by atoms with Crippen LogP contribution in [0, 0.1) is 18.3 Å². The molecule has 0 aromatic heterocycles. The van der Waals surface area contributed by atoms with E-state index < -0.39 is 0 Å². The molecule has 0 amide bonds. The van der Waals surface area contributed by atoms with Crippen molar-refractivity contribution in [1.29, 1.82) is 5.41 Å². The van der Waals surface area contributed by atoms with Gasteiger partial charge in [0.2, 0.25) is 0 Å². The second-order valence-electron chi connectivity index (χ2n) is 7.58. The fraction of sp³-hybridized carbons (Fsp3) is 0.522. The second kappa shape index (κ2) is 11.8. The van der Waals surface area contributed by atoms with Crippen LogP contribution < -0.4 is 10.2 Å². The molecule has 0 bridgehead atoms. The minimum Gasteiger partial charge on any atom is -0.371 e. The number of nitrogens with zero attached hydrogens (tertiary/aromatic N) is 2. The molecule has 1 aromatic rings. The lowest BCUT2D eigenvalue weighted by molar-refractivity contribution is 0.324. The van der Waals surface area contributed by atoms with E-state index in [2.05, 4.69) is 37.2 Å². The maximum atomic E-state index is 7.74. The molecule has 1 unspecified atom stereocenters. The van der Waals surface area contributed by atoms with Gasteiger partial charge in [-0.2, -0.15) is 0 Å². The van der Waals surface area contributed by atoms with Crippen molar-refractivity contribution in [3.8, 4) is 0 Å². The van der Waals surface area contributed by atoms with Crippen molar-refractivity contribution < 1.29 is 0 Å². The van der Waals surface area contributed by atoms with Crippen molar-refractivity contribution in [3.05, 3.63) is 53.3 Å². The summed E-state index contributed by atoms with van der Waals surface area (Å²) in [6.07, 6.45) is 6.80. The molecule has 1 atom stereocenters. The number of hydrogen-bond donors (Lipinski definition) is 2. The molecular weight excluding hydrogens is 368 g/mol. The van der Waals surface area contributed by atoms with E-state index in [0.717, 1.165) is 53.6 Å². The van der Waals surface area contributed by atoms with Gasteiger partial charge in [0.1, 0.15) is 0 Å². The SMILES string of the molecule is C=CC(NC(=C)N(C)C)C1CCN(c2cc(Cl)cc(C)c2C=N)CC1.CCC. The first-order chi connectivity index (χ1) is 13.3. The quantitative estimate of drug-likeness (QED) is 0.468. The largest absolute Gasteiger partial charge is 0.371 e. The summed E-state index contributed by atoms with van der Waals surface area (Å²) < 4.78 is 0. The van der Waals surface area contributed by atoms with Crippen LogP contribution in [-0.2, 0) is 0 Å². The highest BCUT2D eigenvalue weighted by molar-refractivity contribution is 6.31. The summed E-state index contributed by atoms with van der Waals surface area (Å²) in [6.45, 7) is 16.2. The van der Waals surface area contributed by atoms with Crippen molar-refractivity contribution in [2.24, 2.45) is 5.92 Å². The third-order valence-corrected chi connectivity index (χ3v) is 5.21. The third kappa shape index (κ3) is 6.59. The van der Waals surface area contributed by atoms with E-state index in [0.29, 0.717) is 5.92 Å². The van der Waals surface area contributed by atoms with Gasteiger partial charge in [-0.25, -0.2) is 0 Å². The minimum absolute atomic E-state index is 0.223. The molecule has 1 saturated heterocycles. The van der Waals surface area contributed by atoms with Crippen molar-refractivity contribution in [2.75, 3.05) is 32.1 Å². The lowest BCUT2D eigenvalue weighted by Crippen LogP contribution is -2.44. The van der Waals surface area contributed by atoms with E-state index in [1.54, 1.807) is 0 Å². The Kier molecular flexibility index (Phi) is 10.2. The van der Waals surface area contributed by atoms with Gasteiger partial charge >= 0.3 is 0 Å². The Balaban J connectivity index is 0.00000122. The van der Waals surface area contributed by atoms with Crippen LogP contribution in [0.25, 0.3) is 0 Å². The molecule has 5 heteroatoms. The Labute approximate surface area is 176 Å². The molecule has 0 radical (unpaired) electrons. The van der Waals surface area contributed by atoms with E-state index in [1.165, 1.54) is 12.6 Å². The predicted molar refractivity (Wildman–Crippen MR) is 125 cm³/mol. The summed E-state index contributed by atoms with van der Waals surface area (Å²) in [7, 11) is 3.97. The number of anilines is 1. The summed E-state index contributed by atoms with van der Waals surface area (Å²) in [6, 6.07) is 4.12. The maximum Gasteiger partial charge on any atom is 0.0938 e. The molecule has 0 saturated carbocycles. The van der Waals surface area contributed by atoms with E-state index >= 15 is 0 Å². The zero-order chi connectivity index (χ0) is 21.3. The molecule has 1 aliphatic rings. The van der Waals surface area contributed by atoms with Gasteiger partial charge in [0, 0.05) is 55.7 Å². The summed E-state index contributed by atoms with van der Waals surface area (Å²) in [5.74, 6) is 1.43. The van der Waals surface area contributed by atoms with Gasteiger partial charge in [-0.1, -0.05) is 44.5 Å². The summed E-state index contributed by atoms with van der Waals surface area (Å²) in [5, 5.41) is 11.9. The monoisotopic (exact) mass is 404 g/mol. The highest BCUT2D eigenvalue weighted by atomic mass is 35.5. The van der Waals surface area contributed by atoms with Gasteiger partial charge in [0.15, 0.2) is 0 Å². The number of halogens is 1. The van der Waals surface area contributed by atoms with Gasteiger partial charge < -0.3 is 20.5 Å². The Morgan fingerprint density at radius 1 is 1.36 bits per heavy atom. The van der Waals surface area contributed by atoms with Crippen LogP contribution >= 0.6 is 11.6 Å². The summed E-state index contributed by atoms with van der Waals surface area (Å²) >= 11 is 6.25. The number of rotatable bonds is 7. The molecule has 28 heavy (non-hydrogen) atoms. The van der Waals surface area contributed by atoms with Crippen LogP contribution in [-0.4, -0.2) is 44.3 Å². The Morgan fingerprint density at radius 3 is 2.39 bits per heavy atom. The smallest absolute Gasteiger partial charge is 0.0938 e. The van der Waals surface area contributed by atoms with Crippen LogP contribution in [0.15, 0.2) is 37.2 Å². The normalized spacial score (nSPS) is 15.1. The molecule has 4 nitrogen and oxygen atoms in total. The standard InChI is InChI=1S/C20H29ClN4.C3H8/c1-6-19(23-15(3)24(4)5)16-7-9-25(10-8-16)20-12-17(21)11-14(2)18(20)13-22;1-3-2/h6,11-13,16,19,22-23H,1,3,7-10H2,2,4-5H3;3H2,1-2H3. The number of nitrogens with one attached hydrogen (secondary N) is 2. The van der Waals surface area contributed by atoms with Crippen LogP contribution in [0.4, 0.5) is 5.69 Å². The zero-order valence-electron chi connectivity index (χ0n) is 18.2. The number of aryl methyl sites for hydroxylation is 1. The van der Waals surface area contributed by atoms with Crippen LogP contribution in [0.5, 0.6) is 0 Å². The lowest BCUT2D eigenvalue weighted by atomic mass is 9.88. The van der Waals surface area contributed by atoms with Gasteiger partial charge in [-0.15, -0.1) is 6.58 Å². The summed E-state index contributed by atoms with van der Waals surface area (Å²) in [5.41, 5.74) is 3.08. The van der Waals surface area contributed by atoms with Gasteiger partial charge in [-0.05, 0) is 43.4 Å². The topological polar surface area (TPSA) is 42.4 Å². The molecule has 156 valence electrons. The Bertz CT molecular complexity index is 661. The van der Waals surface area contributed by atoms with Crippen LogP contribution in [0.3, 0.4) is 0 Å². The highest BCUT2D eigenvalue weighted by Crippen LogP contribution is 2.31. The lowest BCUT2D eigenvalue weighted by Gasteiger charge is -2.38. The first-order valence-electron chi connectivity index (χ1n) is 10.1. The van der Waals surface area contributed by atoms with E-state index in [1.807, 2.05) is 44.1 Å². The molecule has 0 aliphatic carbocycles. The van der Waals surface area contributed by atoms with Gasteiger partial charge in [0.25, 0.3) is 0 Å². The van der Waals surface area contributed by atoms with Crippen molar-refractivity contribution in [2.45, 2.75) is 46.1 Å². The molecular formula is C23H37ClN4. The minimum atomic E-state index is 0.223. The van der Waals surface area contributed by atoms with Gasteiger partial charge in [-0.3, -0.25) is 0 Å². The molecule has 1 heterocycles. The van der Waals surface area contributed by atoms with Crippen molar-refractivity contribution in [3.63, 3.8) is 0 Å². The molecule has 0 spiro atoms. The fourth-order valence-corrected chi connectivity index (χ4v) is 3.64. The van der Waals surface area contributed by atoms with Crippen molar-refractivity contribution in [1.82, 2.24) is 10.2 Å². The van der Waals surface area contributed by atoms with Crippen LogP contribution in [0.1, 0.15) is 44.2 Å². The van der Waals surface area contributed by atoms with E-state index in [9.17, 15) is 0 Å². The van der Waals surface area contributed by atoms with Gasteiger partial charge in [0.05, 0.1) is 5.82 Å². The Hall–Kier alpha value is -1.94. The average molecular weight is 405 g/mol. The molecule has 1 aliphatic heterocycles. The average Bonchev–Trinajstić information content (AvgIpc) is 2.66. The molecule has 1 fully saturated rings. The first kappa shape index (κ1) is 24.1. The molecule has 2 rings (SSSR count).